The van der Waals surface area contributed by atoms with Gasteiger partial charge in [0.1, 0.15) is 28.5 Å². The van der Waals surface area contributed by atoms with E-state index in [1.807, 2.05) is 0 Å². The highest BCUT2D eigenvalue weighted by Gasteiger charge is 2.16. The number of aromatic nitrogens is 4. The molecule has 0 unspecified atom stereocenters. The smallest absolute Gasteiger partial charge is 0.181 e. The first-order chi connectivity index (χ1) is 10.2. The largest absolute Gasteiger partial charge is 0.341 e. The number of H-pyrrole nitrogens is 1. The van der Waals surface area contributed by atoms with E-state index >= 15 is 0 Å². The third-order valence-electron chi connectivity index (χ3n) is 2.88. The van der Waals surface area contributed by atoms with E-state index in [0.29, 0.717) is 34.7 Å². The predicted octanol–water partition coefficient (Wildman–Crippen LogP) is 2.28. The van der Waals surface area contributed by atoms with E-state index in [4.69, 9.17) is 5.73 Å². The van der Waals surface area contributed by atoms with Crippen LogP contribution in [0.25, 0.3) is 11.2 Å². The molecule has 108 valence electrons. The minimum atomic E-state index is -0.630. The average Bonchev–Trinajstić information content (AvgIpc) is 2.92. The first-order valence-electron chi connectivity index (χ1n) is 6.19. The highest BCUT2D eigenvalue weighted by atomic mass is 32.2. The van der Waals surface area contributed by atoms with Gasteiger partial charge in [0, 0.05) is 0 Å². The number of rotatable bonds is 4. The molecule has 0 amide bonds. The molecule has 0 fully saturated rings. The van der Waals surface area contributed by atoms with Crippen LogP contribution in [0.3, 0.4) is 0 Å². The van der Waals surface area contributed by atoms with Crippen LogP contribution in [0, 0.1) is 11.6 Å². The summed E-state index contributed by atoms with van der Waals surface area (Å²) in [6.45, 7) is 0.339. The van der Waals surface area contributed by atoms with Crippen molar-refractivity contribution in [1.29, 1.82) is 0 Å². The van der Waals surface area contributed by atoms with Crippen LogP contribution >= 0.6 is 11.8 Å². The van der Waals surface area contributed by atoms with Crippen molar-refractivity contribution >= 4 is 22.9 Å². The molecule has 0 radical (unpaired) electrons. The van der Waals surface area contributed by atoms with E-state index in [-0.39, 0.29) is 4.90 Å². The Kier molecular flexibility index (Phi) is 3.80. The van der Waals surface area contributed by atoms with Gasteiger partial charge < -0.3 is 10.7 Å². The Hall–Kier alpha value is -2.06. The van der Waals surface area contributed by atoms with Gasteiger partial charge >= 0.3 is 0 Å². The molecule has 5 nitrogen and oxygen atoms in total. The number of nitrogens with two attached hydrogens (primary N) is 1. The summed E-state index contributed by atoms with van der Waals surface area (Å²) in [4.78, 5) is 14.7. The van der Waals surface area contributed by atoms with Crippen LogP contribution in [0.5, 0.6) is 0 Å². The monoisotopic (exact) mass is 307 g/mol. The van der Waals surface area contributed by atoms with Crippen molar-refractivity contribution in [3.8, 4) is 0 Å². The Balaban J connectivity index is 2.00. The number of benzene rings is 1. The van der Waals surface area contributed by atoms with Crippen LogP contribution in [0.4, 0.5) is 8.78 Å². The van der Waals surface area contributed by atoms with Crippen LogP contribution in [0.2, 0.25) is 0 Å². The molecule has 0 spiro atoms. The van der Waals surface area contributed by atoms with Crippen LogP contribution in [0.1, 0.15) is 5.56 Å². The Labute approximate surface area is 123 Å². The van der Waals surface area contributed by atoms with E-state index in [2.05, 4.69) is 19.9 Å². The summed E-state index contributed by atoms with van der Waals surface area (Å²) in [5.74, 6) is -1.26. The Morgan fingerprint density at radius 2 is 1.90 bits per heavy atom. The van der Waals surface area contributed by atoms with E-state index in [9.17, 15) is 8.78 Å². The maximum Gasteiger partial charge on any atom is 0.181 e. The second-order valence-electron chi connectivity index (χ2n) is 4.31. The second-order valence-corrected chi connectivity index (χ2v) is 5.31. The molecule has 3 aromatic rings. The van der Waals surface area contributed by atoms with Crippen LogP contribution < -0.4 is 5.73 Å². The second kappa shape index (κ2) is 5.74. The van der Waals surface area contributed by atoms with Gasteiger partial charge in [-0.05, 0) is 30.7 Å². The SMILES string of the molecule is NCCc1cc(F)c(Sc2ncnc3nc[nH]c23)c(F)c1. The van der Waals surface area contributed by atoms with Crippen molar-refractivity contribution < 1.29 is 8.78 Å². The lowest BCUT2D eigenvalue weighted by molar-refractivity contribution is 0.537. The molecular weight excluding hydrogens is 296 g/mol. The Morgan fingerprint density at radius 1 is 1.14 bits per heavy atom. The van der Waals surface area contributed by atoms with Crippen molar-refractivity contribution in [3.05, 3.63) is 42.0 Å². The van der Waals surface area contributed by atoms with Gasteiger partial charge in [0.15, 0.2) is 5.65 Å². The van der Waals surface area contributed by atoms with E-state index in [1.165, 1.54) is 24.8 Å². The summed E-state index contributed by atoms with van der Waals surface area (Å²) in [6, 6.07) is 2.59. The van der Waals surface area contributed by atoms with E-state index in [0.717, 1.165) is 11.8 Å². The lowest BCUT2D eigenvalue weighted by Gasteiger charge is -2.07. The molecule has 3 rings (SSSR count). The molecule has 0 saturated heterocycles. The van der Waals surface area contributed by atoms with Crippen molar-refractivity contribution in [3.63, 3.8) is 0 Å². The van der Waals surface area contributed by atoms with Gasteiger partial charge in [-0.1, -0.05) is 11.8 Å². The summed E-state index contributed by atoms with van der Waals surface area (Å²) in [5, 5.41) is 0.418. The number of nitrogens with zero attached hydrogens (tertiary/aromatic N) is 3. The van der Waals surface area contributed by atoms with E-state index < -0.39 is 11.6 Å². The Bertz CT molecular complexity index is 766. The van der Waals surface area contributed by atoms with Crippen molar-refractivity contribution in [2.45, 2.75) is 16.3 Å². The molecule has 0 saturated carbocycles. The molecule has 0 aliphatic carbocycles. The lowest BCUT2D eigenvalue weighted by Crippen LogP contribution is -2.04. The zero-order valence-corrected chi connectivity index (χ0v) is 11.6. The first-order valence-corrected chi connectivity index (χ1v) is 7.00. The van der Waals surface area contributed by atoms with Gasteiger partial charge in [-0.15, -0.1) is 0 Å². The number of hydrogen-bond donors (Lipinski definition) is 2. The molecule has 2 aromatic heterocycles. The van der Waals surface area contributed by atoms with Crippen molar-refractivity contribution in [1.82, 2.24) is 19.9 Å². The molecule has 21 heavy (non-hydrogen) atoms. The van der Waals surface area contributed by atoms with Crippen molar-refractivity contribution in [2.75, 3.05) is 6.54 Å². The van der Waals surface area contributed by atoms with Gasteiger partial charge in [0.25, 0.3) is 0 Å². The molecule has 0 aliphatic rings. The Morgan fingerprint density at radius 3 is 2.62 bits per heavy atom. The van der Waals surface area contributed by atoms with Gasteiger partial charge in [0.2, 0.25) is 0 Å². The normalized spacial score (nSPS) is 11.2. The van der Waals surface area contributed by atoms with Crippen LogP contribution in [-0.2, 0) is 6.42 Å². The highest BCUT2D eigenvalue weighted by molar-refractivity contribution is 7.99. The predicted molar refractivity (Wildman–Crippen MR) is 74.9 cm³/mol. The average molecular weight is 307 g/mol. The zero-order valence-electron chi connectivity index (χ0n) is 10.8. The molecular formula is C13H11F2N5S. The summed E-state index contributed by atoms with van der Waals surface area (Å²) >= 11 is 0.898. The number of hydrogen-bond acceptors (Lipinski definition) is 5. The van der Waals surface area contributed by atoms with Gasteiger partial charge in [-0.25, -0.2) is 23.7 Å². The number of nitrogens with one attached hydrogen (secondary N) is 1. The molecule has 2 heterocycles. The summed E-state index contributed by atoms with van der Waals surface area (Å²) < 4.78 is 28.2. The summed E-state index contributed by atoms with van der Waals surface area (Å²) in [6.07, 6.45) is 3.20. The minimum Gasteiger partial charge on any atom is -0.341 e. The fourth-order valence-corrected chi connectivity index (χ4v) is 2.80. The number of halogens is 2. The summed E-state index contributed by atoms with van der Waals surface area (Å²) in [5.41, 5.74) is 6.93. The number of aromatic amines is 1. The van der Waals surface area contributed by atoms with Gasteiger partial charge in [-0.3, -0.25) is 0 Å². The van der Waals surface area contributed by atoms with Crippen LogP contribution in [0.15, 0.2) is 34.7 Å². The topological polar surface area (TPSA) is 80.5 Å². The standard InChI is InChI=1S/C13H11F2N5S/c14-8-3-7(1-2-16)4-9(15)11(8)21-13-10-12(18-5-17-10)19-6-20-13/h3-6H,1-2,16H2,(H,17,18,19,20). The van der Waals surface area contributed by atoms with Gasteiger partial charge in [-0.2, -0.15) is 0 Å². The fraction of sp³-hybridized carbons (Fsp3) is 0.154. The van der Waals surface area contributed by atoms with E-state index in [1.54, 1.807) is 0 Å². The molecule has 8 heteroatoms. The fourth-order valence-electron chi connectivity index (χ4n) is 1.94. The first kappa shape index (κ1) is 13.9. The molecule has 1 aromatic carbocycles. The third kappa shape index (κ3) is 2.72. The maximum atomic E-state index is 14.1. The van der Waals surface area contributed by atoms with Crippen LogP contribution in [-0.4, -0.2) is 26.5 Å². The van der Waals surface area contributed by atoms with Gasteiger partial charge in [0.05, 0.1) is 11.2 Å². The highest BCUT2D eigenvalue weighted by Crippen LogP contribution is 2.34. The molecule has 0 atom stereocenters. The lowest BCUT2D eigenvalue weighted by atomic mass is 10.1. The molecule has 3 N–H and O–H groups in total. The number of fused-ring (bicyclic) bond motifs is 1. The molecule has 0 bridgehead atoms. The maximum absolute atomic E-state index is 14.1. The third-order valence-corrected chi connectivity index (χ3v) is 3.98. The van der Waals surface area contributed by atoms with Crippen molar-refractivity contribution in [2.24, 2.45) is 5.73 Å². The summed E-state index contributed by atoms with van der Waals surface area (Å²) in [7, 11) is 0. The molecule has 0 aliphatic heterocycles. The zero-order chi connectivity index (χ0) is 14.8. The minimum absolute atomic E-state index is 0.106. The number of imidazole rings is 1. The quantitative estimate of drug-likeness (QED) is 0.723.